The number of benzene rings is 1. The Morgan fingerprint density at radius 1 is 1.32 bits per heavy atom. The lowest BCUT2D eigenvalue weighted by atomic mass is 9.93. The second kappa shape index (κ2) is 6.36. The van der Waals surface area contributed by atoms with E-state index in [4.69, 9.17) is 0 Å². The van der Waals surface area contributed by atoms with E-state index in [9.17, 15) is 0 Å². The van der Waals surface area contributed by atoms with Gasteiger partial charge >= 0.3 is 0 Å². The Labute approximate surface area is 117 Å². The van der Waals surface area contributed by atoms with Gasteiger partial charge < -0.3 is 5.32 Å². The van der Waals surface area contributed by atoms with E-state index in [1.807, 2.05) is 0 Å². The number of nitrogens with one attached hydrogen (secondary N) is 1. The summed E-state index contributed by atoms with van der Waals surface area (Å²) < 4.78 is 0. The van der Waals surface area contributed by atoms with Crippen molar-refractivity contribution in [2.45, 2.75) is 33.2 Å². The van der Waals surface area contributed by atoms with Crippen molar-refractivity contribution in [2.24, 2.45) is 0 Å². The second-order valence-electron chi connectivity index (χ2n) is 5.82. The molecule has 0 spiro atoms. The summed E-state index contributed by atoms with van der Waals surface area (Å²) in [4.78, 5) is 2.60. The summed E-state index contributed by atoms with van der Waals surface area (Å²) in [6, 6.07) is 7.29. The normalized spacial score (nSPS) is 18.3. The Bertz CT molecular complexity index is 445. The van der Waals surface area contributed by atoms with Crippen LogP contribution in [0.5, 0.6) is 0 Å². The van der Waals surface area contributed by atoms with E-state index >= 15 is 0 Å². The predicted molar refractivity (Wildman–Crippen MR) is 82.5 cm³/mol. The molecule has 0 saturated carbocycles. The van der Waals surface area contributed by atoms with Gasteiger partial charge in [-0.25, -0.2) is 0 Å². The third-order valence-corrected chi connectivity index (χ3v) is 3.93. The Morgan fingerprint density at radius 3 is 2.63 bits per heavy atom. The van der Waals surface area contributed by atoms with Crippen LogP contribution in [0.3, 0.4) is 0 Å². The van der Waals surface area contributed by atoms with E-state index in [2.05, 4.69) is 55.8 Å². The molecule has 0 aromatic heterocycles. The Hall–Kier alpha value is -1.12. The van der Waals surface area contributed by atoms with Crippen molar-refractivity contribution in [3.8, 4) is 0 Å². The van der Waals surface area contributed by atoms with Crippen LogP contribution < -0.4 is 5.32 Å². The highest BCUT2D eigenvalue weighted by Crippen LogP contribution is 2.30. The topological polar surface area (TPSA) is 15.3 Å². The standard InChI is InChI=1S/C17H26N2/c1-13(2)11-17(19-9-7-18-8-10-19)16-12-14(3)5-6-15(16)4/h5-6,12,17-18H,1,7-11H2,2-4H3/t17-/m0/s1. The van der Waals surface area contributed by atoms with Crippen molar-refractivity contribution < 1.29 is 0 Å². The first-order valence-corrected chi connectivity index (χ1v) is 7.24. The van der Waals surface area contributed by atoms with E-state index in [1.54, 1.807) is 0 Å². The molecule has 1 aromatic carbocycles. The van der Waals surface area contributed by atoms with E-state index < -0.39 is 0 Å². The van der Waals surface area contributed by atoms with Gasteiger partial charge in [-0.2, -0.15) is 0 Å². The molecule has 1 atom stereocenters. The van der Waals surface area contributed by atoms with Crippen LogP contribution in [0.1, 0.15) is 36.1 Å². The molecule has 0 unspecified atom stereocenters. The summed E-state index contributed by atoms with van der Waals surface area (Å²) in [6.07, 6.45) is 1.06. The lowest BCUT2D eigenvalue weighted by Gasteiger charge is -2.36. The van der Waals surface area contributed by atoms with Crippen LogP contribution in [0.4, 0.5) is 0 Å². The fourth-order valence-electron chi connectivity index (χ4n) is 2.88. The lowest BCUT2D eigenvalue weighted by Crippen LogP contribution is -2.45. The first kappa shape index (κ1) is 14.3. The minimum absolute atomic E-state index is 0.486. The average molecular weight is 258 g/mol. The molecular formula is C17H26N2. The maximum absolute atomic E-state index is 4.13. The van der Waals surface area contributed by atoms with Gasteiger partial charge in [-0.3, -0.25) is 4.90 Å². The third-order valence-electron chi connectivity index (χ3n) is 3.93. The number of nitrogens with zero attached hydrogens (tertiary/aromatic N) is 1. The van der Waals surface area contributed by atoms with Gasteiger partial charge in [-0.05, 0) is 38.3 Å². The highest BCUT2D eigenvalue weighted by molar-refractivity contribution is 5.34. The molecule has 1 aromatic rings. The minimum atomic E-state index is 0.486. The van der Waals surface area contributed by atoms with Gasteiger partial charge in [0.25, 0.3) is 0 Å². The maximum atomic E-state index is 4.13. The minimum Gasteiger partial charge on any atom is -0.314 e. The maximum Gasteiger partial charge on any atom is 0.0388 e. The molecular weight excluding hydrogens is 232 g/mol. The SMILES string of the molecule is C=C(C)C[C@@H](c1cc(C)ccc1C)N1CCNCC1. The molecule has 2 nitrogen and oxygen atoms in total. The average Bonchev–Trinajstić information content (AvgIpc) is 2.40. The zero-order valence-corrected chi connectivity index (χ0v) is 12.5. The molecule has 0 aliphatic carbocycles. The third kappa shape index (κ3) is 3.68. The molecule has 0 radical (unpaired) electrons. The van der Waals surface area contributed by atoms with Gasteiger partial charge in [-0.15, -0.1) is 6.58 Å². The van der Waals surface area contributed by atoms with Crippen molar-refractivity contribution in [1.82, 2.24) is 10.2 Å². The van der Waals surface area contributed by atoms with Crippen LogP contribution in [0.15, 0.2) is 30.4 Å². The molecule has 1 aliphatic rings. The van der Waals surface area contributed by atoms with Gasteiger partial charge in [-0.1, -0.05) is 29.3 Å². The van der Waals surface area contributed by atoms with Crippen molar-refractivity contribution in [1.29, 1.82) is 0 Å². The second-order valence-corrected chi connectivity index (χ2v) is 5.82. The van der Waals surface area contributed by atoms with Gasteiger partial charge in [0.15, 0.2) is 0 Å². The van der Waals surface area contributed by atoms with Crippen LogP contribution >= 0.6 is 0 Å². The summed E-state index contributed by atoms with van der Waals surface area (Å²) in [5, 5.41) is 3.44. The first-order chi connectivity index (χ1) is 9.08. The number of hydrogen-bond acceptors (Lipinski definition) is 2. The zero-order chi connectivity index (χ0) is 13.8. The van der Waals surface area contributed by atoms with Gasteiger partial charge in [0.2, 0.25) is 0 Å². The zero-order valence-electron chi connectivity index (χ0n) is 12.5. The van der Waals surface area contributed by atoms with Crippen LogP contribution in [-0.2, 0) is 0 Å². The van der Waals surface area contributed by atoms with E-state index in [0.29, 0.717) is 6.04 Å². The van der Waals surface area contributed by atoms with E-state index in [0.717, 1.165) is 32.6 Å². The molecule has 0 bridgehead atoms. The van der Waals surface area contributed by atoms with Gasteiger partial charge in [0.1, 0.15) is 0 Å². The predicted octanol–water partition coefficient (Wildman–Crippen LogP) is 3.22. The number of rotatable bonds is 4. The van der Waals surface area contributed by atoms with Crippen molar-refractivity contribution in [3.05, 3.63) is 47.0 Å². The molecule has 1 fully saturated rings. The van der Waals surface area contributed by atoms with Crippen molar-refractivity contribution in [3.63, 3.8) is 0 Å². The lowest BCUT2D eigenvalue weighted by molar-refractivity contribution is 0.172. The smallest absolute Gasteiger partial charge is 0.0388 e. The van der Waals surface area contributed by atoms with Crippen molar-refractivity contribution in [2.75, 3.05) is 26.2 Å². The van der Waals surface area contributed by atoms with Crippen LogP contribution in [-0.4, -0.2) is 31.1 Å². The van der Waals surface area contributed by atoms with E-state index in [-0.39, 0.29) is 0 Å². The summed E-state index contributed by atoms with van der Waals surface area (Å²) in [5.74, 6) is 0. The Balaban J connectivity index is 2.29. The molecule has 2 heteroatoms. The van der Waals surface area contributed by atoms with Gasteiger partial charge in [0, 0.05) is 32.2 Å². The fraction of sp³-hybridized carbons (Fsp3) is 0.529. The van der Waals surface area contributed by atoms with E-state index in [1.165, 1.54) is 22.3 Å². The quantitative estimate of drug-likeness (QED) is 0.834. The molecule has 1 aliphatic heterocycles. The van der Waals surface area contributed by atoms with Crippen LogP contribution in [0, 0.1) is 13.8 Å². The highest BCUT2D eigenvalue weighted by Gasteiger charge is 2.23. The van der Waals surface area contributed by atoms with Crippen molar-refractivity contribution >= 4 is 0 Å². The molecule has 2 rings (SSSR count). The molecule has 104 valence electrons. The molecule has 1 N–H and O–H groups in total. The summed E-state index contributed by atoms with van der Waals surface area (Å²) in [6.45, 7) is 15.1. The summed E-state index contributed by atoms with van der Waals surface area (Å²) in [7, 11) is 0. The Kier molecular flexibility index (Phi) is 4.78. The monoisotopic (exact) mass is 258 g/mol. The number of hydrogen-bond donors (Lipinski definition) is 1. The Morgan fingerprint density at radius 2 is 2.00 bits per heavy atom. The van der Waals surface area contributed by atoms with Crippen LogP contribution in [0.2, 0.25) is 0 Å². The molecule has 1 heterocycles. The molecule has 1 saturated heterocycles. The molecule has 19 heavy (non-hydrogen) atoms. The largest absolute Gasteiger partial charge is 0.314 e. The summed E-state index contributed by atoms with van der Waals surface area (Å²) in [5.41, 5.74) is 5.49. The fourth-order valence-corrected chi connectivity index (χ4v) is 2.88. The highest BCUT2D eigenvalue weighted by atomic mass is 15.2. The summed E-state index contributed by atoms with van der Waals surface area (Å²) >= 11 is 0. The number of aryl methyl sites for hydroxylation is 2. The first-order valence-electron chi connectivity index (χ1n) is 7.24. The number of piperazine rings is 1. The van der Waals surface area contributed by atoms with Crippen LogP contribution in [0.25, 0.3) is 0 Å². The molecule has 0 amide bonds. The van der Waals surface area contributed by atoms with Gasteiger partial charge in [0.05, 0.1) is 0 Å².